The molecule has 0 spiro atoms. The fourth-order valence-corrected chi connectivity index (χ4v) is 4.83. The Bertz CT molecular complexity index is 1410. The topological polar surface area (TPSA) is 71.2 Å². The van der Waals surface area contributed by atoms with Crippen molar-refractivity contribution in [2.75, 3.05) is 25.2 Å². The van der Waals surface area contributed by atoms with Crippen LogP contribution >= 0.6 is 11.3 Å². The second-order valence-electron chi connectivity index (χ2n) is 8.76. The molecule has 4 rings (SSSR count). The van der Waals surface area contributed by atoms with Crippen LogP contribution in [0.15, 0.2) is 83.3 Å². The molecule has 0 unspecified atom stereocenters. The van der Waals surface area contributed by atoms with E-state index in [1.165, 1.54) is 16.9 Å². The zero-order valence-electron chi connectivity index (χ0n) is 23.2. The van der Waals surface area contributed by atoms with E-state index in [0.717, 1.165) is 41.6 Å². The number of carbonyl (C=O) groups is 1. The van der Waals surface area contributed by atoms with Crippen molar-refractivity contribution in [2.24, 2.45) is 17.3 Å². The maximum atomic E-state index is 12.2. The number of aromatic nitrogens is 2. The Kier molecular flexibility index (Phi) is 12.5. The largest absolute Gasteiger partial charge is 1.00 e. The van der Waals surface area contributed by atoms with Gasteiger partial charge in [0.15, 0.2) is 23.8 Å². The van der Waals surface area contributed by atoms with E-state index < -0.39 is 0 Å². The van der Waals surface area contributed by atoms with E-state index in [0.29, 0.717) is 16.6 Å². The van der Waals surface area contributed by atoms with Gasteiger partial charge in [-0.1, -0.05) is 0 Å². The summed E-state index contributed by atoms with van der Waals surface area (Å²) in [6.07, 6.45) is 4.20. The number of esters is 1. The molecule has 0 saturated carbocycles. The van der Waals surface area contributed by atoms with Gasteiger partial charge in [-0.25, -0.2) is 13.9 Å². The number of anilines is 2. The number of aryl methyl sites for hydroxylation is 1. The fraction of sp³-hybridized carbons (Fsp3) is 0.276. The van der Waals surface area contributed by atoms with Gasteiger partial charge in [0, 0.05) is 23.5 Å². The fourth-order valence-electron chi connectivity index (χ4n) is 3.87. The van der Waals surface area contributed by atoms with Crippen LogP contribution in [-0.2, 0) is 18.3 Å². The zero-order valence-corrected chi connectivity index (χ0v) is 25.5. The van der Waals surface area contributed by atoms with Gasteiger partial charge in [0.25, 0.3) is 0 Å². The molecule has 11 heteroatoms. The Labute approximate surface area is 251 Å². The first-order valence-electron chi connectivity index (χ1n) is 12.4. The molecule has 212 valence electrons. The lowest BCUT2D eigenvalue weighted by Crippen LogP contribution is -3.00. The Balaban J connectivity index is 0.00000280. The maximum Gasteiger partial charge on any atom is 0.409 e. The number of pyridine rings is 1. The molecule has 0 saturated heterocycles. The van der Waals surface area contributed by atoms with Crippen LogP contribution in [0.5, 0.6) is 5.75 Å². The highest BCUT2D eigenvalue weighted by molar-refractivity contribution is 7.16. The number of thiazole rings is 1. The average molecular weight is 603 g/mol. The van der Waals surface area contributed by atoms with Gasteiger partial charge >= 0.3 is 11.1 Å². The monoisotopic (exact) mass is 601 g/mol. The standard InChI is InChI=1S/C29H33N5O3S.2ClH/c1-6-37-28(35)27-22(3)32(4)29(38-27)31-30-23-7-9-24(10-8-23)34(25-11-13-26(36-5)14-12-25)20-19-33-17-15-21(2)16-18-33;;/h7-18H,6,19-20H2,1-5H3;2*1H/q+2;;/p-2. The van der Waals surface area contributed by atoms with Crippen LogP contribution < -0.4 is 43.6 Å². The highest BCUT2D eigenvalue weighted by Gasteiger charge is 2.25. The van der Waals surface area contributed by atoms with Crippen molar-refractivity contribution in [3.63, 3.8) is 0 Å². The van der Waals surface area contributed by atoms with Gasteiger partial charge in [-0.2, -0.15) is 0 Å². The van der Waals surface area contributed by atoms with Crippen LogP contribution in [-0.4, -0.2) is 26.2 Å². The number of rotatable bonds is 10. The minimum absolute atomic E-state index is 0. The molecular formula is C29H33Cl2N5O3S. The van der Waals surface area contributed by atoms with Crippen molar-refractivity contribution in [2.45, 2.75) is 27.3 Å². The van der Waals surface area contributed by atoms with Crippen LogP contribution in [0.1, 0.15) is 27.9 Å². The molecule has 0 aliphatic rings. The number of nitrogens with zero attached hydrogens (tertiary/aromatic N) is 5. The number of methoxy groups -OCH3 is 1. The lowest BCUT2D eigenvalue weighted by Gasteiger charge is -2.24. The molecule has 2 heterocycles. The molecule has 2 aromatic heterocycles. The quantitative estimate of drug-likeness (QED) is 0.145. The predicted molar refractivity (Wildman–Crippen MR) is 148 cm³/mol. The van der Waals surface area contributed by atoms with E-state index in [1.54, 1.807) is 14.0 Å². The second-order valence-corrected chi connectivity index (χ2v) is 9.74. The van der Waals surface area contributed by atoms with Crippen molar-refractivity contribution in [3.05, 3.63) is 89.2 Å². The SMILES string of the molecule is CCOC(=O)c1sc(N=Nc2ccc(N(CC[n+]3ccc(C)cc3)c3ccc(OC)cc3)cc2)[n+](C)c1C.[Cl-].[Cl-]. The minimum atomic E-state index is -0.334. The normalized spacial score (nSPS) is 10.5. The van der Waals surface area contributed by atoms with E-state index in [-0.39, 0.29) is 30.8 Å². The van der Waals surface area contributed by atoms with Crippen LogP contribution in [0, 0.1) is 13.8 Å². The molecule has 0 aliphatic carbocycles. The van der Waals surface area contributed by atoms with Crippen LogP contribution in [0.2, 0.25) is 0 Å². The second kappa shape index (κ2) is 15.3. The van der Waals surface area contributed by atoms with E-state index in [9.17, 15) is 4.79 Å². The number of hydrogen-bond donors (Lipinski definition) is 0. The third-order valence-electron chi connectivity index (χ3n) is 6.21. The number of carbonyl (C=O) groups excluding carboxylic acids is 1. The molecule has 0 atom stereocenters. The minimum Gasteiger partial charge on any atom is -1.00 e. The molecule has 2 aromatic carbocycles. The average Bonchev–Trinajstić information content (AvgIpc) is 3.23. The van der Waals surface area contributed by atoms with Crippen molar-refractivity contribution in [1.82, 2.24) is 0 Å². The Morgan fingerprint density at radius 1 is 0.925 bits per heavy atom. The number of halogens is 2. The number of hydrogen-bond acceptors (Lipinski definition) is 7. The molecule has 0 radical (unpaired) electrons. The molecule has 0 aliphatic heterocycles. The zero-order chi connectivity index (χ0) is 27.1. The van der Waals surface area contributed by atoms with E-state index in [4.69, 9.17) is 9.47 Å². The first kappa shape index (κ1) is 32.7. The summed E-state index contributed by atoms with van der Waals surface area (Å²) < 4.78 is 14.5. The molecule has 0 N–H and O–H groups in total. The van der Waals surface area contributed by atoms with Gasteiger partial charge in [-0.3, -0.25) is 0 Å². The van der Waals surface area contributed by atoms with Gasteiger partial charge in [0.2, 0.25) is 0 Å². The summed E-state index contributed by atoms with van der Waals surface area (Å²) >= 11 is 1.27. The highest BCUT2D eigenvalue weighted by atomic mass is 35.5. The summed E-state index contributed by atoms with van der Waals surface area (Å²) in [4.78, 5) is 15.0. The molecule has 4 aromatic rings. The van der Waals surface area contributed by atoms with Crippen molar-refractivity contribution >= 4 is 39.5 Å². The number of benzene rings is 2. The highest BCUT2D eigenvalue weighted by Crippen LogP contribution is 2.30. The maximum absolute atomic E-state index is 12.2. The van der Waals surface area contributed by atoms with Crippen molar-refractivity contribution in [1.29, 1.82) is 0 Å². The summed E-state index contributed by atoms with van der Waals surface area (Å²) in [5.41, 5.74) is 4.88. The first-order valence-corrected chi connectivity index (χ1v) is 13.3. The predicted octanol–water partition coefficient (Wildman–Crippen LogP) is -0.0761. The van der Waals surface area contributed by atoms with E-state index in [2.05, 4.69) is 63.3 Å². The van der Waals surface area contributed by atoms with E-state index in [1.807, 2.05) is 54.9 Å². The molecule has 40 heavy (non-hydrogen) atoms. The van der Waals surface area contributed by atoms with E-state index >= 15 is 0 Å². The van der Waals surface area contributed by atoms with Gasteiger partial charge in [-0.05, 0) is 91.3 Å². The van der Waals surface area contributed by atoms with Crippen molar-refractivity contribution in [3.8, 4) is 5.75 Å². The summed E-state index contributed by atoms with van der Waals surface area (Å²) in [5.74, 6) is 0.485. The summed E-state index contributed by atoms with van der Waals surface area (Å²) in [7, 11) is 3.54. The first-order chi connectivity index (χ1) is 18.4. The van der Waals surface area contributed by atoms with Gasteiger partial charge in [0.05, 0.1) is 32.4 Å². The van der Waals surface area contributed by atoms with Crippen LogP contribution in [0.3, 0.4) is 0 Å². The number of azo groups is 1. The van der Waals surface area contributed by atoms with Gasteiger partial charge < -0.3 is 39.2 Å². The summed E-state index contributed by atoms with van der Waals surface area (Å²) in [6, 6.07) is 20.3. The van der Waals surface area contributed by atoms with Crippen LogP contribution in [0.4, 0.5) is 22.2 Å². The molecule has 0 fully saturated rings. The summed E-state index contributed by atoms with van der Waals surface area (Å²) in [6.45, 7) is 7.69. The molecule has 8 nitrogen and oxygen atoms in total. The number of ether oxygens (including phenoxy) is 2. The Morgan fingerprint density at radius 3 is 2.10 bits per heavy atom. The molecular weight excluding hydrogens is 569 g/mol. The van der Waals surface area contributed by atoms with Crippen LogP contribution in [0.25, 0.3) is 0 Å². The third kappa shape index (κ3) is 8.00. The van der Waals surface area contributed by atoms with Gasteiger partial charge in [-0.15, -0.1) is 0 Å². The lowest BCUT2D eigenvalue weighted by atomic mass is 10.2. The Hall–Kier alpha value is -3.53. The Morgan fingerprint density at radius 2 is 1.52 bits per heavy atom. The van der Waals surface area contributed by atoms with Crippen molar-refractivity contribution < 1.29 is 48.2 Å². The molecule has 0 bridgehead atoms. The smallest absolute Gasteiger partial charge is 0.409 e. The molecule has 0 amide bonds. The van der Waals surface area contributed by atoms with Gasteiger partial charge in [0.1, 0.15) is 17.1 Å². The lowest BCUT2D eigenvalue weighted by molar-refractivity contribution is -0.694. The third-order valence-corrected chi connectivity index (χ3v) is 7.41. The summed E-state index contributed by atoms with van der Waals surface area (Å²) in [5, 5.41) is 9.45.